The highest BCUT2D eigenvalue weighted by atomic mass is 35.5. The summed E-state index contributed by atoms with van der Waals surface area (Å²) in [4.78, 5) is 21.5. The molecule has 0 aliphatic rings. The fourth-order valence-corrected chi connectivity index (χ4v) is 9.30. The van der Waals surface area contributed by atoms with Crippen LogP contribution in [0.1, 0.15) is 0 Å². The molecule has 0 bridgehead atoms. The SMILES string of the molecule is Nc1c(N=Nc2cc(Nc3nc(Cl)nc(N(CCO)CCO)n3)ccc2S(=O)(=O)[O-])c(S(=O)(=O)[O-])cc2cc(S(=O)(=O)[O-])c(N=Nc3cc(Nc4nc(Cl)nc(N(CCO)CCO)n4)ccc3S(=O)(=O)[O-])c(O)c12. The van der Waals surface area contributed by atoms with Crippen LogP contribution in [0.25, 0.3) is 10.8 Å². The Labute approximate surface area is 427 Å². The van der Waals surface area contributed by atoms with E-state index in [4.69, 9.17) is 28.9 Å². The summed E-state index contributed by atoms with van der Waals surface area (Å²) < 4.78 is 150. The number of rotatable bonds is 22. The number of anilines is 7. The molecule has 396 valence electrons. The van der Waals surface area contributed by atoms with Gasteiger partial charge in [0.15, 0.2) is 5.75 Å². The highest BCUT2D eigenvalue weighted by molar-refractivity contribution is 7.86. The van der Waals surface area contributed by atoms with Gasteiger partial charge in [0, 0.05) is 37.6 Å². The van der Waals surface area contributed by atoms with Gasteiger partial charge < -0.3 is 69.9 Å². The van der Waals surface area contributed by atoms with E-state index >= 15 is 0 Å². The van der Waals surface area contributed by atoms with Gasteiger partial charge >= 0.3 is 0 Å². The molecule has 0 radical (unpaired) electrons. The van der Waals surface area contributed by atoms with Crippen LogP contribution in [0.4, 0.5) is 63.6 Å². The first-order chi connectivity index (χ1) is 34.7. The lowest BCUT2D eigenvalue weighted by atomic mass is 10.1. The number of azo groups is 2. The molecule has 38 heteroatoms. The molecule has 0 aliphatic carbocycles. The third-order valence-corrected chi connectivity index (χ3v) is 13.4. The number of nitrogens with zero attached hydrogens (tertiary/aromatic N) is 12. The number of aliphatic hydroxyl groups is 4. The molecular formula is C36H33Cl2N15O17S4-4. The van der Waals surface area contributed by atoms with Crippen molar-refractivity contribution in [1.29, 1.82) is 0 Å². The molecule has 0 amide bonds. The summed E-state index contributed by atoms with van der Waals surface area (Å²) in [5.74, 6) is -2.34. The van der Waals surface area contributed by atoms with E-state index < -0.39 is 142 Å². The lowest BCUT2D eigenvalue weighted by Gasteiger charge is -2.21. The van der Waals surface area contributed by atoms with Crippen LogP contribution in [0.15, 0.2) is 88.6 Å². The first kappa shape index (κ1) is 56.5. The molecule has 0 spiro atoms. The van der Waals surface area contributed by atoms with E-state index in [0.717, 1.165) is 30.3 Å². The zero-order chi connectivity index (χ0) is 54.5. The molecule has 32 nitrogen and oxygen atoms in total. The van der Waals surface area contributed by atoms with Crippen molar-refractivity contribution in [2.24, 2.45) is 20.5 Å². The van der Waals surface area contributed by atoms with E-state index in [1.807, 2.05) is 0 Å². The summed E-state index contributed by atoms with van der Waals surface area (Å²) in [6.45, 7) is -1.83. The number of aliphatic hydroxyl groups excluding tert-OH is 4. The van der Waals surface area contributed by atoms with E-state index in [1.165, 1.54) is 9.80 Å². The van der Waals surface area contributed by atoms with Gasteiger partial charge in [-0.25, -0.2) is 33.7 Å². The van der Waals surface area contributed by atoms with Gasteiger partial charge in [-0.2, -0.15) is 29.9 Å². The molecule has 0 unspecified atom stereocenters. The third kappa shape index (κ3) is 13.5. The molecule has 74 heavy (non-hydrogen) atoms. The quantitative estimate of drug-likeness (QED) is 0.0270. The van der Waals surface area contributed by atoms with Crippen LogP contribution in [0.5, 0.6) is 5.75 Å². The lowest BCUT2D eigenvalue weighted by Crippen LogP contribution is -2.31. The van der Waals surface area contributed by atoms with Crippen molar-refractivity contribution in [3.8, 4) is 5.75 Å². The highest BCUT2D eigenvalue weighted by Gasteiger charge is 2.25. The van der Waals surface area contributed by atoms with Crippen LogP contribution >= 0.6 is 23.2 Å². The van der Waals surface area contributed by atoms with Crippen LogP contribution < -0.4 is 26.2 Å². The Morgan fingerprint density at radius 3 is 1.26 bits per heavy atom. The van der Waals surface area contributed by atoms with Gasteiger partial charge in [0.2, 0.25) is 34.4 Å². The number of nitrogen functional groups attached to an aromatic ring is 1. The van der Waals surface area contributed by atoms with Crippen molar-refractivity contribution in [1.82, 2.24) is 29.9 Å². The number of fused-ring (bicyclic) bond motifs is 1. The Morgan fingerprint density at radius 2 is 0.892 bits per heavy atom. The van der Waals surface area contributed by atoms with E-state index in [1.54, 1.807) is 0 Å². The number of nitrogens with one attached hydrogen (secondary N) is 2. The van der Waals surface area contributed by atoms with Crippen LogP contribution in [-0.2, 0) is 40.5 Å². The molecular weight excluding hydrogens is 1110 g/mol. The van der Waals surface area contributed by atoms with Crippen LogP contribution in [0.3, 0.4) is 0 Å². The fourth-order valence-electron chi connectivity index (χ4n) is 6.51. The van der Waals surface area contributed by atoms with Crippen molar-refractivity contribution >= 4 is 138 Å². The van der Waals surface area contributed by atoms with Gasteiger partial charge in [-0.15, -0.1) is 20.5 Å². The standard InChI is InChI=1S/C36H37Cl2N15O17S4/c37-31-42-33(46-35(44-31)52(5-9-54)6-10-55)40-18-1-3-22(71(59,60)61)20(15-18)48-50-28-24(73(65,66)67)13-17-14-25(74(68,69)70)29(30(58)26(17)27(28)39)51-49-21-16-19(2-4-23(21)72(62,63)64)41-34-43-32(38)45-36(47-34)53(7-11-56)8-12-57/h1-4,13-16,54-58H,5-12,39H2,(H,59,60,61)(H,62,63,64)(H,65,66,67)(H,68,69,70)(H,40,42,44,46)(H,41,43,45,47)/p-4. The predicted molar refractivity (Wildman–Crippen MR) is 252 cm³/mol. The Bertz CT molecular complexity index is 3430. The summed E-state index contributed by atoms with van der Waals surface area (Å²) in [5.41, 5.74) is 0.645. The largest absolute Gasteiger partial charge is 0.744 e. The van der Waals surface area contributed by atoms with Crippen molar-refractivity contribution in [3.63, 3.8) is 0 Å². The summed E-state index contributed by atoms with van der Waals surface area (Å²) in [7, 11) is -22.5. The van der Waals surface area contributed by atoms with Crippen LogP contribution in [0, 0.1) is 0 Å². The molecule has 6 aromatic rings. The van der Waals surface area contributed by atoms with Crippen molar-refractivity contribution in [2.45, 2.75) is 19.6 Å². The summed E-state index contributed by atoms with van der Waals surface area (Å²) >= 11 is 12.1. The minimum absolute atomic E-state index is 0.0611. The zero-order valence-corrected chi connectivity index (χ0v) is 41.5. The number of aromatic hydroxyl groups is 1. The normalized spacial score (nSPS) is 12.5. The molecule has 2 aromatic heterocycles. The monoisotopic (exact) mass is 1150 g/mol. The Morgan fingerprint density at radius 1 is 0.527 bits per heavy atom. The third-order valence-electron chi connectivity index (χ3n) is 9.58. The number of phenolic OH excluding ortho intramolecular Hbond substituents is 1. The van der Waals surface area contributed by atoms with Gasteiger partial charge in [0.25, 0.3) is 0 Å². The number of phenols is 1. The maximum Gasteiger partial charge on any atom is 0.233 e. The van der Waals surface area contributed by atoms with E-state index in [9.17, 15) is 77.4 Å². The van der Waals surface area contributed by atoms with Crippen molar-refractivity contribution in [3.05, 3.63) is 59.1 Å². The van der Waals surface area contributed by atoms with Crippen molar-refractivity contribution in [2.75, 3.05) is 78.8 Å². The van der Waals surface area contributed by atoms with Crippen LogP contribution in [0.2, 0.25) is 10.6 Å². The predicted octanol–water partition coefficient (Wildman–Crippen LogP) is 1.32. The average molecular weight is 1150 g/mol. The molecule has 9 N–H and O–H groups in total. The zero-order valence-electron chi connectivity index (χ0n) is 36.7. The molecule has 0 saturated carbocycles. The molecule has 6 rings (SSSR count). The van der Waals surface area contributed by atoms with Gasteiger partial charge in [0.05, 0.1) is 57.1 Å². The second-order valence-corrected chi connectivity index (χ2v) is 20.5. The Balaban J connectivity index is 1.49. The minimum Gasteiger partial charge on any atom is -0.744 e. The fraction of sp³-hybridized carbons (Fsp3) is 0.222. The average Bonchev–Trinajstić information content (AvgIpc) is 3.29. The molecule has 0 atom stereocenters. The number of aromatic nitrogens is 6. The Kier molecular flexibility index (Phi) is 17.4. The summed E-state index contributed by atoms with van der Waals surface area (Å²) in [6, 6.07) is 5.92. The Hall–Kier alpha value is -6.78. The minimum atomic E-state index is -5.81. The first-order valence-electron chi connectivity index (χ1n) is 20.0. The smallest absolute Gasteiger partial charge is 0.233 e. The second-order valence-electron chi connectivity index (χ2n) is 14.5. The summed E-state index contributed by atoms with van der Waals surface area (Å²) in [5, 5.41) is 66.7. The molecule has 0 saturated heterocycles. The van der Waals surface area contributed by atoms with E-state index in [0.29, 0.717) is 18.2 Å². The number of hydrogen-bond acceptors (Lipinski definition) is 32. The van der Waals surface area contributed by atoms with Crippen molar-refractivity contribution < 1.29 is 77.4 Å². The molecule has 0 fully saturated rings. The number of halogens is 2. The van der Waals surface area contributed by atoms with Gasteiger partial charge in [-0.3, -0.25) is 0 Å². The van der Waals surface area contributed by atoms with Gasteiger partial charge in [-0.1, -0.05) is 0 Å². The second kappa shape index (κ2) is 22.8. The van der Waals surface area contributed by atoms with Crippen LogP contribution in [-0.4, -0.2) is 160 Å². The molecule has 0 aliphatic heterocycles. The summed E-state index contributed by atoms with van der Waals surface area (Å²) in [6.07, 6.45) is 0. The first-order valence-corrected chi connectivity index (χ1v) is 26.4. The van der Waals surface area contributed by atoms with Gasteiger partial charge in [-0.05, 0) is 77.1 Å². The highest BCUT2D eigenvalue weighted by Crippen LogP contribution is 2.49. The lowest BCUT2D eigenvalue weighted by molar-refractivity contribution is 0.279. The number of benzene rings is 4. The number of nitrogens with two attached hydrogens (primary N) is 1. The maximum atomic E-state index is 12.7. The molecule has 2 heterocycles. The van der Waals surface area contributed by atoms with E-state index in [-0.39, 0.29) is 61.3 Å². The maximum absolute atomic E-state index is 12.7. The van der Waals surface area contributed by atoms with Gasteiger partial charge in [0.1, 0.15) is 63.2 Å². The van der Waals surface area contributed by atoms with E-state index in [2.05, 4.69) is 61.0 Å². The molecule has 4 aromatic carbocycles. The number of hydrogen-bond donors (Lipinski definition) is 8. The topological polar surface area (TPSA) is 513 Å².